The van der Waals surface area contributed by atoms with Crippen molar-refractivity contribution < 1.29 is 42.3 Å². The Kier molecular flexibility index (Phi) is 5.19. The molecule has 17 heavy (non-hydrogen) atoms. The molecule has 2 heterocycles. The second-order valence-corrected chi connectivity index (χ2v) is 2.98. The van der Waals surface area contributed by atoms with Crippen molar-refractivity contribution >= 4 is 11.8 Å². The van der Waals surface area contributed by atoms with Crippen LogP contribution in [-0.4, -0.2) is 16.8 Å². The molecule has 2 aromatic rings. The first-order valence-electron chi connectivity index (χ1n) is 4.55. The maximum absolute atomic E-state index is 10.9. The number of carbonyl (C=O) groups excluding carboxylic acids is 2. The van der Waals surface area contributed by atoms with Crippen molar-refractivity contribution in [1.29, 1.82) is 0 Å². The molecule has 5 nitrogen and oxygen atoms in total. The van der Waals surface area contributed by atoms with E-state index in [-0.39, 0.29) is 32.7 Å². The number of fused-ring (bicyclic) bond motifs is 1. The number of carbonyl (C=O) groups is 2. The topological polar surface area (TPSA) is 75.2 Å². The molecule has 3 rings (SSSR count). The van der Waals surface area contributed by atoms with Gasteiger partial charge in [-0.15, -0.1) is 0 Å². The van der Waals surface area contributed by atoms with E-state index in [1.54, 1.807) is 36.7 Å². The number of hydrogen-bond acceptors (Lipinski definition) is 3. The standard InChI is InChI=1S/C8H5NO2.C3H3N2.Y/c10-7-5-3-1-2-4-6(5)8(11)9-7;1-2-5-3-4-1;/h1-4H,(H,9,10,11);1-3H;/q;-1;/p-1. The molecule has 1 aliphatic heterocycles. The van der Waals surface area contributed by atoms with Gasteiger partial charge in [-0.3, -0.25) is 0 Å². The number of amides is 2. The Balaban J connectivity index is 0.000000205. The number of imidazole rings is 1. The molecule has 0 unspecified atom stereocenters. The summed E-state index contributed by atoms with van der Waals surface area (Å²) in [6.45, 7) is 0. The van der Waals surface area contributed by atoms with Gasteiger partial charge in [-0.2, -0.15) is 0 Å². The first kappa shape index (κ1) is 13.7. The van der Waals surface area contributed by atoms with Gasteiger partial charge in [0.15, 0.2) is 0 Å². The molecule has 0 fully saturated rings. The van der Waals surface area contributed by atoms with Crippen molar-refractivity contribution in [1.82, 2.24) is 9.97 Å². The number of hydrogen-bond donors (Lipinski definition) is 0. The number of aromatic nitrogens is 2. The summed E-state index contributed by atoms with van der Waals surface area (Å²) in [5.74, 6) is -0.851. The van der Waals surface area contributed by atoms with Crippen LogP contribution in [0.3, 0.4) is 0 Å². The van der Waals surface area contributed by atoms with Gasteiger partial charge in [-0.05, 0) is 0 Å². The van der Waals surface area contributed by atoms with Gasteiger partial charge in [-0.25, -0.2) is 0 Å². The molecule has 0 bridgehead atoms. The summed E-state index contributed by atoms with van der Waals surface area (Å²) in [5.41, 5.74) is 0.829. The van der Waals surface area contributed by atoms with Crippen molar-refractivity contribution in [2.45, 2.75) is 0 Å². The number of imide groups is 1. The predicted molar refractivity (Wildman–Crippen MR) is 56.0 cm³/mol. The first-order chi connectivity index (χ1) is 7.79. The van der Waals surface area contributed by atoms with Crippen molar-refractivity contribution in [2.24, 2.45) is 0 Å². The minimum atomic E-state index is -0.425. The second kappa shape index (κ2) is 6.42. The summed E-state index contributed by atoms with van der Waals surface area (Å²) >= 11 is 0. The van der Waals surface area contributed by atoms with Gasteiger partial charge in [0.05, 0.1) is 11.8 Å². The summed E-state index contributed by atoms with van der Waals surface area (Å²) in [4.78, 5) is 29.0. The van der Waals surface area contributed by atoms with Crippen LogP contribution in [0.1, 0.15) is 20.7 Å². The Morgan fingerprint density at radius 1 is 1.00 bits per heavy atom. The van der Waals surface area contributed by atoms with E-state index in [1.165, 1.54) is 6.33 Å². The van der Waals surface area contributed by atoms with Crippen LogP contribution in [0.4, 0.5) is 0 Å². The zero-order chi connectivity index (χ0) is 11.4. The molecule has 1 aromatic heterocycles. The van der Waals surface area contributed by atoms with E-state index in [0.29, 0.717) is 11.1 Å². The maximum atomic E-state index is 10.9. The first-order valence-corrected chi connectivity index (χ1v) is 4.55. The molecule has 83 valence electrons. The van der Waals surface area contributed by atoms with E-state index in [9.17, 15) is 9.59 Å². The molecule has 0 saturated carbocycles. The number of nitrogens with zero attached hydrogens (tertiary/aromatic N) is 3. The fourth-order valence-electron chi connectivity index (χ4n) is 1.26. The van der Waals surface area contributed by atoms with Gasteiger partial charge in [0.1, 0.15) is 0 Å². The van der Waals surface area contributed by atoms with E-state index >= 15 is 0 Å². The third-order valence-electron chi connectivity index (χ3n) is 1.96. The maximum Gasteiger partial charge on any atom is 0.0883 e. The van der Waals surface area contributed by atoms with Crippen LogP contribution < -0.4 is 4.98 Å². The third-order valence-corrected chi connectivity index (χ3v) is 1.96. The van der Waals surface area contributed by atoms with Crippen molar-refractivity contribution in [3.05, 3.63) is 59.4 Å². The molecule has 1 aliphatic rings. The van der Waals surface area contributed by atoms with E-state index in [2.05, 4.69) is 15.3 Å². The normalized spacial score (nSPS) is 11.8. The van der Waals surface area contributed by atoms with Crippen LogP contribution in [0.25, 0.3) is 5.32 Å². The Morgan fingerprint density at radius 3 is 1.94 bits per heavy atom. The predicted octanol–water partition coefficient (Wildman–Crippen LogP) is 1.39. The molecule has 6 heteroatoms. The third kappa shape index (κ3) is 3.31. The molecular formula is C11H7N3O2Y-2. The van der Waals surface area contributed by atoms with Crippen LogP contribution in [0.2, 0.25) is 0 Å². The smallest absolute Gasteiger partial charge is 0.0883 e. The molecule has 1 aromatic carbocycles. The fraction of sp³-hybridized carbons (Fsp3) is 0. The van der Waals surface area contributed by atoms with Gasteiger partial charge in [-0.1, -0.05) is 43.0 Å². The molecule has 0 aliphatic carbocycles. The summed E-state index contributed by atoms with van der Waals surface area (Å²) in [7, 11) is 0. The Hall–Kier alpha value is -1.33. The molecule has 2 amide bonds. The van der Waals surface area contributed by atoms with Crippen molar-refractivity contribution in [2.75, 3.05) is 0 Å². The summed E-state index contributed by atoms with van der Waals surface area (Å²) in [5, 5.41) is 3.28. The summed E-state index contributed by atoms with van der Waals surface area (Å²) < 4.78 is 0. The van der Waals surface area contributed by atoms with Crippen LogP contribution in [0, 0.1) is 0 Å². The minimum Gasteiger partial charge on any atom is -0.587 e. The average molecular weight is 302 g/mol. The van der Waals surface area contributed by atoms with Crippen LogP contribution >= 0.6 is 0 Å². The quantitative estimate of drug-likeness (QED) is 0.689. The summed E-state index contributed by atoms with van der Waals surface area (Å²) in [6.07, 6.45) is 4.78. The molecule has 1 radical (unpaired) electrons. The zero-order valence-electron chi connectivity index (χ0n) is 8.78. The largest absolute Gasteiger partial charge is 0.587 e. The number of benzene rings is 1. The summed E-state index contributed by atoms with van der Waals surface area (Å²) in [6, 6.07) is 6.63. The Morgan fingerprint density at radius 2 is 1.59 bits per heavy atom. The van der Waals surface area contributed by atoms with E-state index < -0.39 is 11.8 Å². The van der Waals surface area contributed by atoms with E-state index in [1.807, 2.05) is 0 Å². The molecular weight excluding hydrogens is 295 g/mol. The van der Waals surface area contributed by atoms with E-state index in [0.717, 1.165) is 0 Å². The van der Waals surface area contributed by atoms with Gasteiger partial charge in [0.25, 0.3) is 0 Å². The van der Waals surface area contributed by atoms with Gasteiger partial charge < -0.3 is 24.9 Å². The van der Waals surface area contributed by atoms with Crippen molar-refractivity contribution in [3.63, 3.8) is 0 Å². The van der Waals surface area contributed by atoms with E-state index in [4.69, 9.17) is 0 Å². The monoisotopic (exact) mass is 302 g/mol. The Bertz CT molecular complexity index is 461. The van der Waals surface area contributed by atoms with Crippen LogP contribution in [0.5, 0.6) is 0 Å². The molecule has 0 N–H and O–H groups in total. The van der Waals surface area contributed by atoms with Gasteiger partial charge in [0.2, 0.25) is 0 Å². The van der Waals surface area contributed by atoms with Crippen LogP contribution in [-0.2, 0) is 32.7 Å². The Labute approximate surface area is 123 Å². The minimum absolute atomic E-state index is 0. The fourth-order valence-corrected chi connectivity index (χ4v) is 1.26. The van der Waals surface area contributed by atoms with Gasteiger partial charge >= 0.3 is 0 Å². The molecule has 0 spiro atoms. The SMILES string of the molecule is O=C1[N-]C(=O)c2ccccc21.[Y].c1c[n-]cn1. The van der Waals surface area contributed by atoms with Crippen molar-refractivity contribution in [3.8, 4) is 0 Å². The molecule has 0 saturated heterocycles. The zero-order valence-corrected chi connectivity index (χ0v) is 11.6. The van der Waals surface area contributed by atoms with Gasteiger partial charge in [0, 0.05) is 43.8 Å². The molecule has 0 atom stereocenters. The second-order valence-electron chi connectivity index (χ2n) is 2.98. The average Bonchev–Trinajstić information content (AvgIpc) is 2.94. The van der Waals surface area contributed by atoms with Crippen LogP contribution in [0.15, 0.2) is 43.0 Å². The number of rotatable bonds is 0.